The SMILES string of the molecule is CC(C)c1nc(-c2ccc(O)c(C(N)=O)c2)cs1. The average molecular weight is 262 g/mol. The quantitative estimate of drug-likeness (QED) is 0.893. The minimum absolute atomic E-state index is 0.106. The number of aromatic hydroxyl groups is 1. The van der Waals surface area contributed by atoms with Crippen molar-refractivity contribution in [1.29, 1.82) is 0 Å². The van der Waals surface area contributed by atoms with Gasteiger partial charge in [-0.05, 0) is 18.2 Å². The third-order valence-electron chi connectivity index (χ3n) is 2.57. The monoisotopic (exact) mass is 262 g/mol. The molecule has 2 rings (SSSR count). The van der Waals surface area contributed by atoms with Crippen molar-refractivity contribution in [3.63, 3.8) is 0 Å². The molecule has 18 heavy (non-hydrogen) atoms. The molecule has 0 aliphatic heterocycles. The van der Waals surface area contributed by atoms with Crippen LogP contribution in [0.3, 0.4) is 0 Å². The second kappa shape index (κ2) is 4.78. The highest BCUT2D eigenvalue weighted by molar-refractivity contribution is 7.10. The van der Waals surface area contributed by atoms with Crippen molar-refractivity contribution in [2.75, 3.05) is 0 Å². The zero-order valence-electron chi connectivity index (χ0n) is 10.2. The van der Waals surface area contributed by atoms with Crippen LogP contribution in [0.25, 0.3) is 11.3 Å². The lowest BCUT2D eigenvalue weighted by molar-refractivity contribution is 0.0998. The largest absolute Gasteiger partial charge is 0.507 e. The van der Waals surface area contributed by atoms with E-state index >= 15 is 0 Å². The topological polar surface area (TPSA) is 76.2 Å². The van der Waals surface area contributed by atoms with Gasteiger partial charge in [-0.3, -0.25) is 4.79 Å². The maximum Gasteiger partial charge on any atom is 0.252 e. The highest BCUT2D eigenvalue weighted by Crippen LogP contribution is 2.29. The number of rotatable bonds is 3. The van der Waals surface area contributed by atoms with Gasteiger partial charge in [-0.1, -0.05) is 13.8 Å². The van der Waals surface area contributed by atoms with Crippen LogP contribution in [0.4, 0.5) is 0 Å². The molecule has 3 N–H and O–H groups in total. The molecule has 0 bridgehead atoms. The summed E-state index contributed by atoms with van der Waals surface area (Å²) in [5.74, 6) is -0.379. The molecule has 0 atom stereocenters. The minimum Gasteiger partial charge on any atom is -0.507 e. The Hall–Kier alpha value is -1.88. The number of nitrogens with zero attached hydrogens (tertiary/aromatic N) is 1. The maximum atomic E-state index is 11.2. The molecule has 0 spiro atoms. The molecular weight excluding hydrogens is 248 g/mol. The summed E-state index contributed by atoms with van der Waals surface area (Å²) in [6, 6.07) is 4.75. The van der Waals surface area contributed by atoms with Gasteiger partial charge >= 0.3 is 0 Å². The third kappa shape index (κ3) is 2.36. The van der Waals surface area contributed by atoms with Crippen LogP contribution < -0.4 is 5.73 Å². The first kappa shape index (κ1) is 12.6. The minimum atomic E-state index is -0.645. The summed E-state index contributed by atoms with van der Waals surface area (Å²) in [5, 5.41) is 12.5. The number of aromatic nitrogens is 1. The molecule has 0 fully saturated rings. The van der Waals surface area contributed by atoms with Gasteiger partial charge in [0, 0.05) is 16.9 Å². The van der Waals surface area contributed by atoms with Crippen LogP contribution in [0.1, 0.15) is 35.1 Å². The van der Waals surface area contributed by atoms with E-state index in [0.29, 0.717) is 5.92 Å². The zero-order chi connectivity index (χ0) is 13.3. The Balaban J connectivity index is 2.44. The van der Waals surface area contributed by atoms with Crippen molar-refractivity contribution >= 4 is 17.2 Å². The molecule has 1 aromatic heterocycles. The van der Waals surface area contributed by atoms with Gasteiger partial charge in [0.25, 0.3) is 5.91 Å². The molecule has 1 amide bonds. The molecule has 0 unspecified atom stereocenters. The first-order valence-electron chi connectivity index (χ1n) is 5.57. The van der Waals surface area contributed by atoms with Crippen LogP contribution in [-0.4, -0.2) is 16.0 Å². The number of nitrogens with two attached hydrogens (primary N) is 1. The van der Waals surface area contributed by atoms with E-state index in [2.05, 4.69) is 18.8 Å². The number of benzene rings is 1. The van der Waals surface area contributed by atoms with Crippen LogP contribution in [0.15, 0.2) is 23.6 Å². The lowest BCUT2D eigenvalue weighted by Gasteiger charge is -2.03. The van der Waals surface area contributed by atoms with E-state index in [1.165, 1.54) is 6.07 Å². The Morgan fingerprint density at radius 1 is 1.44 bits per heavy atom. The summed E-state index contributed by atoms with van der Waals surface area (Å²) in [6.45, 7) is 4.16. The Bertz CT molecular complexity index is 590. The first-order valence-corrected chi connectivity index (χ1v) is 6.45. The lowest BCUT2D eigenvalue weighted by atomic mass is 10.1. The molecule has 0 aliphatic carbocycles. The fourth-order valence-corrected chi connectivity index (χ4v) is 2.42. The number of phenols is 1. The third-order valence-corrected chi connectivity index (χ3v) is 3.72. The normalized spacial score (nSPS) is 10.8. The molecule has 5 heteroatoms. The number of amides is 1. The molecular formula is C13H14N2O2S. The number of carbonyl (C=O) groups is 1. The van der Waals surface area contributed by atoms with E-state index in [1.807, 2.05) is 5.38 Å². The molecule has 0 saturated heterocycles. The summed E-state index contributed by atoms with van der Waals surface area (Å²) in [4.78, 5) is 15.7. The van der Waals surface area contributed by atoms with Gasteiger partial charge < -0.3 is 10.8 Å². The van der Waals surface area contributed by atoms with Crippen LogP contribution >= 0.6 is 11.3 Å². The van der Waals surface area contributed by atoms with Crippen molar-refractivity contribution < 1.29 is 9.90 Å². The Morgan fingerprint density at radius 2 is 2.17 bits per heavy atom. The number of hydrogen-bond donors (Lipinski definition) is 2. The second-order valence-corrected chi connectivity index (χ2v) is 5.21. The van der Waals surface area contributed by atoms with Gasteiger partial charge in [0.15, 0.2) is 0 Å². The van der Waals surface area contributed by atoms with Gasteiger partial charge in [-0.25, -0.2) is 4.98 Å². The van der Waals surface area contributed by atoms with E-state index < -0.39 is 5.91 Å². The van der Waals surface area contributed by atoms with Gasteiger partial charge in [0.1, 0.15) is 5.75 Å². The van der Waals surface area contributed by atoms with Crippen molar-refractivity contribution in [3.8, 4) is 17.0 Å². The van der Waals surface area contributed by atoms with E-state index in [9.17, 15) is 9.90 Å². The molecule has 1 heterocycles. The number of carbonyl (C=O) groups excluding carboxylic acids is 1. The summed E-state index contributed by atoms with van der Waals surface area (Å²) in [5.41, 5.74) is 6.90. The van der Waals surface area contributed by atoms with E-state index in [-0.39, 0.29) is 11.3 Å². The van der Waals surface area contributed by atoms with E-state index in [4.69, 9.17) is 5.73 Å². The Labute approximate surface area is 109 Å². The first-order chi connectivity index (χ1) is 8.49. The zero-order valence-corrected chi connectivity index (χ0v) is 11.0. The summed E-state index contributed by atoms with van der Waals surface area (Å²) in [6.07, 6.45) is 0. The van der Waals surface area contributed by atoms with Crippen molar-refractivity contribution in [1.82, 2.24) is 4.98 Å². The van der Waals surface area contributed by atoms with Crippen LogP contribution in [0, 0.1) is 0 Å². The predicted octanol–water partition coefficient (Wildman–Crippen LogP) is 2.74. The number of hydrogen-bond acceptors (Lipinski definition) is 4. The van der Waals surface area contributed by atoms with Gasteiger partial charge in [0.05, 0.1) is 16.3 Å². The molecule has 4 nitrogen and oxygen atoms in total. The molecule has 0 aliphatic rings. The van der Waals surface area contributed by atoms with Gasteiger partial charge in [-0.15, -0.1) is 11.3 Å². The Morgan fingerprint density at radius 3 is 2.72 bits per heavy atom. The van der Waals surface area contributed by atoms with Crippen LogP contribution in [-0.2, 0) is 0 Å². The molecule has 94 valence electrons. The summed E-state index contributed by atoms with van der Waals surface area (Å²) >= 11 is 1.58. The summed E-state index contributed by atoms with van der Waals surface area (Å²) < 4.78 is 0. The fraction of sp³-hybridized carbons (Fsp3) is 0.231. The number of thiazole rings is 1. The summed E-state index contributed by atoms with van der Waals surface area (Å²) in [7, 11) is 0. The fourth-order valence-electron chi connectivity index (χ4n) is 1.58. The smallest absolute Gasteiger partial charge is 0.252 e. The number of primary amides is 1. The Kier molecular flexibility index (Phi) is 3.34. The predicted molar refractivity (Wildman–Crippen MR) is 71.8 cm³/mol. The second-order valence-electron chi connectivity index (χ2n) is 4.32. The average Bonchev–Trinajstić information content (AvgIpc) is 2.78. The maximum absolute atomic E-state index is 11.2. The standard InChI is InChI=1S/C13H14N2O2S/c1-7(2)13-15-10(6-18-13)8-3-4-11(16)9(5-8)12(14)17/h3-7,16H,1-2H3,(H2,14,17). The van der Waals surface area contributed by atoms with E-state index in [1.54, 1.807) is 23.5 Å². The highest BCUT2D eigenvalue weighted by Gasteiger charge is 2.12. The highest BCUT2D eigenvalue weighted by atomic mass is 32.1. The van der Waals surface area contributed by atoms with Gasteiger partial charge in [0.2, 0.25) is 0 Å². The van der Waals surface area contributed by atoms with Gasteiger partial charge in [-0.2, -0.15) is 0 Å². The molecule has 0 radical (unpaired) electrons. The van der Waals surface area contributed by atoms with Crippen LogP contribution in [0.5, 0.6) is 5.75 Å². The van der Waals surface area contributed by atoms with Crippen molar-refractivity contribution in [2.24, 2.45) is 5.73 Å². The van der Waals surface area contributed by atoms with Crippen molar-refractivity contribution in [2.45, 2.75) is 19.8 Å². The molecule has 0 saturated carbocycles. The van der Waals surface area contributed by atoms with E-state index in [0.717, 1.165) is 16.3 Å². The molecule has 1 aromatic carbocycles. The molecule has 2 aromatic rings. The van der Waals surface area contributed by atoms with Crippen molar-refractivity contribution in [3.05, 3.63) is 34.2 Å². The van der Waals surface area contributed by atoms with Crippen LogP contribution in [0.2, 0.25) is 0 Å². The lowest BCUT2D eigenvalue weighted by Crippen LogP contribution is -2.11.